The molecule has 0 radical (unpaired) electrons. The van der Waals surface area contributed by atoms with Crippen LogP contribution in [0.15, 0.2) is 53.6 Å². The van der Waals surface area contributed by atoms with Crippen LogP contribution in [0, 0.1) is 0 Å². The molecule has 4 nitrogen and oxygen atoms in total. The average molecular weight is 302 g/mol. The predicted octanol–water partition coefficient (Wildman–Crippen LogP) is 2.08. The van der Waals surface area contributed by atoms with Crippen molar-refractivity contribution in [2.24, 2.45) is 0 Å². The summed E-state index contributed by atoms with van der Waals surface area (Å²) in [4.78, 5) is 7.11. The first-order valence-corrected chi connectivity index (χ1v) is 8.84. The van der Waals surface area contributed by atoms with Crippen LogP contribution < -0.4 is 0 Å². The zero-order valence-corrected chi connectivity index (χ0v) is 12.8. The van der Waals surface area contributed by atoms with E-state index in [4.69, 9.17) is 0 Å². The summed E-state index contributed by atoms with van der Waals surface area (Å²) in [5, 5.41) is 0. The molecule has 1 aliphatic rings. The lowest BCUT2D eigenvalue weighted by Crippen LogP contribution is -2.44. The van der Waals surface area contributed by atoms with Crippen LogP contribution in [-0.2, 0) is 16.4 Å². The molecule has 5 heteroatoms. The fraction of sp³-hybridized carbons (Fsp3) is 0.312. The van der Waals surface area contributed by atoms with Crippen molar-refractivity contribution in [1.29, 1.82) is 0 Å². The zero-order valence-electron chi connectivity index (χ0n) is 11.9. The van der Waals surface area contributed by atoms with Crippen LogP contribution in [0.1, 0.15) is 17.2 Å². The maximum atomic E-state index is 11.4. The molecule has 2 heterocycles. The minimum atomic E-state index is -3.11. The highest BCUT2D eigenvalue weighted by molar-refractivity contribution is 7.90. The van der Waals surface area contributed by atoms with Gasteiger partial charge >= 0.3 is 0 Å². The summed E-state index contributed by atoms with van der Waals surface area (Å²) < 4.78 is 22.8. The van der Waals surface area contributed by atoms with Crippen LogP contribution in [-0.4, -0.2) is 37.6 Å². The van der Waals surface area contributed by atoms with Gasteiger partial charge < -0.3 is 0 Å². The quantitative estimate of drug-likeness (QED) is 0.868. The molecule has 0 aliphatic carbocycles. The second-order valence-electron chi connectivity index (χ2n) is 5.56. The van der Waals surface area contributed by atoms with Gasteiger partial charge in [-0.3, -0.25) is 9.88 Å². The summed E-state index contributed by atoms with van der Waals surface area (Å²) in [5.74, 6) is 0.515. The summed E-state index contributed by atoms with van der Waals surface area (Å²) in [6.07, 6.45) is 3.07. The lowest BCUT2D eigenvalue weighted by molar-refractivity contribution is 0.137. The summed E-state index contributed by atoms with van der Waals surface area (Å²) in [7, 11) is -3.11. The third kappa shape index (κ3) is 3.31. The van der Waals surface area contributed by atoms with Crippen molar-refractivity contribution in [3.63, 3.8) is 0 Å². The molecule has 0 atom stereocenters. The molecule has 1 aliphatic heterocycles. The lowest BCUT2D eigenvalue weighted by Gasteiger charge is -2.39. The molecule has 1 aromatic heterocycles. The Morgan fingerprint density at radius 1 is 1.14 bits per heavy atom. The number of aromatic nitrogens is 1. The third-order valence-corrected chi connectivity index (χ3v) is 4.95. The number of sulfone groups is 1. The highest BCUT2D eigenvalue weighted by Gasteiger charge is 2.28. The average Bonchev–Trinajstić information content (AvgIpc) is 2.43. The molecule has 21 heavy (non-hydrogen) atoms. The van der Waals surface area contributed by atoms with Crippen molar-refractivity contribution >= 4 is 9.84 Å². The predicted molar refractivity (Wildman–Crippen MR) is 81.8 cm³/mol. The van der Waals surface area contributed by atoms with E-state index in [2.05, 4.69) is 16.0 Å². The van der Waals surface area contributed by atoms with E-state index in [0.717, 1.165) is 30.9 Å². The zero-order chi connectivity index (χ0) is 14.9. The second kappa shape index (κ2) is 5.58. The molecular weight excluding hydrogens is 284 g/mol. The molecule has 1 fully saturated rings. The van der Waals surface area contributed by atoms with E-state index in [0.29, 0.717) is 10.8 Å². The van der Waals surface area contributed by atoms with Gasteiger partial charge in [0, 0.05) is 43.7 Å². The van der Waals surface area contributed by atoms with E-state index in [1.165, 1.54) is 6.26 Å². The molecule has 0 saturated carbocycles. The monoisotopic (exact) mass is 302 g/mol. The van der Waals surface area contributed by atoms with E-state index in [9.17, 15) is 8.42 Å². The van der Waals surface area contributed by atoms with E-state index >= 15 is 0 Å². The van der Waals surface area contributed by atoms with Crippen LogP contribution in [0.3, 0.4) is 0 Å². The van der Waals surface area contributed by atoms with Gasteiger partial charge in [0.15, 0.2) is 9.84 Å². The van der Waals surface area contributed by atoms with Gasteiger partial charge in [0.05, 0.1) is 4.90 Å². The topological polar surface area (TPSA) is 50.3 Å². The van der Waals surface area contributed by atoms with Crippen molar-refractivity contribution in [1.82, 2.24) is 9.88 Å². The highest BCUT2D eigenvalue weighted by Crippen LogP contribution is 2.26. The van der Waals surface area contributed by atoms with E-state index in [1.54, 1.807) is 12.1 Å². The Hall–Kier alpha value is -1.72. The fourth-order valence-electron chi connectivity index (χ4n) is 2.60. The van der Waals surface area contributed by atoms with Gasteiger partial charge in [-0.05, 0) is 29.8 Å². The van der Waals surface area contributed by atoms with Gasteiger partial charge in [-0.2, -0.15) is 0 Å². The molecule has 110 valence electrons. The van der Waals surface area contributed by atoms with Crippen molar-refractivity contribution in [2.45, 2.75) is 17.4 Å². The van der Waals surface area contributed by atoms with Gasteiger partial charge in [-0.15, -0.1) is 0 Å². The number of hydrogen-bond donors (Lipinski definition) is 0. The summed E-state index contributed by atoms with van der Waals surface area (Å²) in [6, 6.07) is 13.2. The Balaban J connectivity index is 1.57. The Morgan fingerprint density at radius 3 is 2.43 bits per heavy atom. The first-order valence-electron chi connectivity index (χ1n) is 6.94. The molecule has 0 bridgehead atoms. The minimum Gasteiger partial charge on any atom is -0.298 e. The molecular formula is C16H18N2O2S. The van der Waals surface area contributed by atoms with Crippen LogP contribution in [0.2, 0.25) is 0 Å². The molecule has 0 spiro atoms. The Morgan fingerprint density at radius 2 is 1.86 bits per heavy atom. The summed E-state index contributed by atoms with van der Waals surface area (Å²) in [6.45, 7) is 2.86. The van der Waals surface area contributed by atoms with Crippen LogP contribution in [0.4, 0.5) is 0 Å². The Labute approximate surface area is 125 Å². The van der Waals surface area contributed by atoms with Gasteiger partial charge in [0.2, 0.25) is 0 Å². The number of nitrogens with zero attached hydrogens (tertiary/aromatic N) is 2. The van der Waals surface area contributed by atoms with Crippen molar-refractivity contribution in [3.8, 4) is 0 Å². The minimum absolute atomic E-state index is 0.376. The molecule has 0 amide bonds. The first-order chi connectivity index (χ1) is 10.0. The maximum absolute atomic E-state index is 11.4. The van der Waals surface area contributed by atoms with Gasteiger partial charge in [0.1, 0.15) is 0 Å². The maximum Gasteiger partial charge on any atom is 0.175 e. The van der Waals surface area contributed by atoms with E-state index in [1.807, 2.05) is 30.5 Å². The number of pyridine rings is 1. The van der Waals surface area contributed by atoms with Crippen LogP contribution in [0.25, 0.3) is 0 Å². The van der Waals surface area contributed by atoms with Gasteiger partial charge in [0.25, 0.3) is 0 Å². The van der Waals surface area contributed by atoms with Gasteiger partial charge in [-0.25, -0.2) is 8.42 Å². The molecule has 3 rings (SSSR count). The second-order valence-corrected chi connectivity index (χ2v) is 7.58. The van der Waals surface area contributed by atoms with Gasteiger partial charge in [-0.1, -0.05) is 18.2 Å². The van der Waals surface area contributed by atoms with Crippen molar-refractivity contribution in [2.75, 3.05) is 19.3 Å². The Bertz CT molecular complexity index is 706. The van der Waals surface area contributed by atoms with Crippen LogP contribution in [0.5, 0.6) is 0 Å². The van der Waals surface area contributed by atoms with E-state index in [-0.39, 0.29) is 0 Å². The smallest absolute Gasteiger partial charge is 0.175 e. The Kier molecular flexibility index (Phi) is 3.78. The summed E-state index contributed by atoms with van der Waals surface area (Å²) >= 11 is 0. The third-order valence-electron chi connectivity index (χ3n) is 3.82. The molecule has 1 aromatic carbocycles. The first kappa shape index (κ1) is 14.2. The normalized spacial score (nSPS) is 16.6. The molecule has 0 unspecified atom stereocenters. The van der Waals surface area contributed by atoms with E-state index < -0.39 is 9.84 Å². The molecule has 1 saturated heterocycles. The van der Waals surface area contributed by atoms with Crippen LogP contribution >= 0.6 is 0 Å². The lowest BCUT2D eigenvalue weighted by atomic mass is 9.95. The molecule has 0 N–H and O–H groups in total. The standard InChI is InChI=1S/C16H18N2O2S/c1-21(19,20)15-7-5-13(6-8-15)10-18-11-14(12-18)16-4-2-3-9-17-16/h2-9,14H,10-12H2,1H3. The SMILES string of the molecule is CS(=O)(=O)c1ccc(CN2CC(c3ccccn3)C2)cc1. The molecule has 2 aromatic rings. The number of rotatable bonds is 4. The van der Waals surface area contributed by atoms with Crippen molar-refractivity contribution in [3.05, 3.63) is 59.9 Å². The number of benzene rings is 1. The largest absolute Gasteiger partial charge is 0.298 e. The highest BCUT2D eigenvalue weighted by atomic mass is 32.2. The fourth-order valence-corrected chi connectivity index (χ4v) is 3.23. The summed E-state index contributed by atoms with van der Waals surface area (Å²) in [5.41, 5.74) is 2.29. The number of likely N-dealkylation sites (tertiary alicyclic amines) is 1. The van der Waals surface area contributed by atoms with Crippen molar-refractivity contribution < 1.29 is 8.42 Å². The number of hydrogen-bond acceptors (Lipinski definition) is 4.